The lowest BCUT2D eigenvalue weighted by Crippen LogP contribution is -2.33. The zero-order chi connectivity index (χ0) is 36.2. The first-order chi connectivity index (χ1) is 25.2. The van der Waals surface area contributed by atoms with Crippen LogP contribution in [0.1, 0.15) is 30.4 Å². The smallest absolute Gasteiger partial charge is 0.211 e. The van der Waals surface area contributed by atoms with Crippen LogP contribution in [-0.2, 0) is 23.1 Å². The number of piperidine rings is 1. The van der Waals surface area contributed by atoms with Crippen molar-refractivity contribution in [2.45, 2.75) is 32.4 Å². The van der Waals surface area contributed by atoms with Crippen molar-refractivity contribution in [2.75, 3.05) is 59.1 Å². The molecule has 4 aromatic heterocycles. The molecule has 0 amide bonds. The number of nitrogens with zero attached hydrogens (tertiary/aromatic N) is 8. The van der Waals surface area contributed by atoms with Gasteiger partial charge in [-0.2, -0.15) is 9.40 Å². The van der Waals surface area contributed by atoms with Crippen molar-refractivity contribution in [1.82, 2.24) is 38.6 Å². The fourth-order valence-electron chi connectivity index (χ4n) is 6.66. The summed E-state index contributed by atoms with van der Waals surface area (Å²) in [6.07, 6.45) is 12.1. The van der Waals surface area contributed by atoms with Crippen molar-refractivity contribution >= 4 is 32.4 Å². The normalized spacial score (nSPS) is 13.9. The maximum atomic E-state index is 13.0. The van der Waals surface area contributed by atoms with Crippen LogP contribution in [0.15, 0.2) is 73.3 Å². The van der Waals surface area contributed by atoms with Crippen LogP contribution in [0, 0.1) is 0 Å². The number of likely N-dealkylation sites (tertiary alicyclic amines) is 1. The average molecular weight is 726 g/mol. The van der Waals surface area contributed by atoms with Crippen LogP contribution in [0.2, 0.25) is 0 Å². The third-order valence-corrected chi connectivity index (χ3v) is 10.6. The van der Waals surface area contributed by atoms with Gasteiger partial charge in [-0.1, -0.05) is 18.6 Å². The number of nitrogens with one attached hydrogen (secondary N) is 1. The molecule has 0 unspecified atom stereocenters. The standard InChI is InChI=1S/C37H43N9O5S/c1-49-28-11-10-27(34(20-28)50-2)25-44(52(4,47)48)24-26-9-12-32(35(19-26)51-3)46-33-21-31(29-23-41-45-17-8-13-39-37(29)45)40-22-30(33)36(42-46)38-14-18-43-15-6-5-7-16-43/h8-13,17,19-23H,5-7,14-16,18,24-25H2,1-4H3,(H,38,42). The molecular weight excluding hydrogens is 683 g/mol. The summed E-state index contributed by atoms with van der Waals surface area (Å²) in [5.41, 5.74) is 5.17. The molecule has 6 aromatic rings. The van der Waals surface area contributed by atoms with Gasteiger partial charge in [0.25, 0.3) is 0 Å². The number of sulfonamides is 1. The molecule has 7 rings (SSSR count). The van der Waals surface area contributed by atoms with Crippen molar-refractivity contribution in [3.05, 3.63) is 84.4 Å². The maximum absolute atomic E-state index is 13.0. The first-order valence-electron chi connectivity index (χ1n) is 17.2. The predicted octanol–water partition coefficient (Wildman–Crippen LogP) is 5.02. The third-order valence-electron chi connectivity index (χ3n) is 9.43. The van der Waals surface area contributed by atoms with Crippen molar-refractivity contribution < 1.29 is 22.6 Å². The molecular formula is C37H43N9O5S. The van der Waals surface area contributed by atoms with Crippen LogP contribution in [0.3, 0.4) is 0 Å². The molecule has 0 spiro atoms. The minimum Gasteiger partial charge on any atom is -0.497 e. The molecule has 1 fully saturated rings. The molecule has 0 radical (unpaired) electrons. The summed E-state index contributed by atoms with van der Waals surface area (Å²) in [6.45, 7) is 4.12. The highest BCUT2D eigenvalue weighted by molar-refractivity contribution is 7.88. The van der Waals surface area contributed by atoms with E-state index in [0.29, 0.717) is 45.7 Å². The van der Waals surface area contributed by atoms with Gasteiger partial charge in [-0.25, -0.2) is 22.6 Å². The highest BCUT2D eigenvalue weighted by atomic mass is 32.2. The zero-order valence-electron chi connectivity index (χ0n) is 29.8. The van der Waals surface area contributed by atoms with E-state index >= 15 is 0 Å². The minimum atomic E-state index is -3.61. The summed E-state index contributed by atoms with van der Waals surface area (Å²) in [5, 5.41) is 13.9. The molecule has 0 saturated carbocycles. The Morgan fingerprint density at radius 1 is 0.904 bits per heavy atom. The second-order valence-electron chi connectivity index (χ2n) is 12.8. The van der Waals surface area contributed by atoms with Crippen LogP contribution in [0.4, 0.5) is 5.82 Å². The molecule has 272 valence electrons. The summed E-state index contributed by atoms with van der Waals surface area (Å²) in [5.74, 6) is 2.41. The Morgan fingerprint density at radius 3 is 2.50 bits per heavy atom. The predicted molar refractivity (Wildman–Crippen MR) is 200 cm³/mol. The SMILES string of the molecule is COc1ccc(CN(Cc2ccc(-n3nc(NCCN4CCCCC4)c4cnc(-c5cnn6cccnc56)cc43)c(OC)c2)S(C)(=O)=O)c(OC)c1. The van der Waals surface area contributed by atoms with E-state index in [0.717, 1.165) is 48.2 Å². The largest absolute Gasteiger partial charge is 0.497 e. The van der Waals surface area contributed by atoms with E-state index < -0.39 is 10.0 Å². The Bertz CT molecular complexity index is 2300. The Kier molecular flexibility index (Phi) is 10.2. The zero-order valence-corrected chi connectivity index (χ0v) is 30.6. The van der Waals surface area contributed by atoms with Crippen molar-refractivity contribution in [2.24, 2.45) is 0 Å². The highest BCUT2D eigenvalue weighted by Gasteiger charge is 2.23. The second-order valence-corrected chi connectivity index (χ2v) is 14.8. The molecule has 1 saturated heterocycles. The van der Waals surface area contributed by atoms with Gasteiger partial charge in [0, 0.05) is 56.4 Å². The first kappa shape index (κ1) is 35.2. The quantitative estimate of drug-likeness (QED) is 0.162. The number of fused-ring (bicyclic) bond motifs is 2. The molecule has 0 atom stereocenters. The Morgan fingerprint density at radius 2 is 1.73 bits per heavy atom. The van der Waals surface area contributed by atoms with Crippen LogP contribution in [0.25, 0.3) is 33.5 Å². The Labute approximate surface area is 303 Å². The molecule has 5 heterocycles. The molecule has 0 aliphatic carbocycles. The van der Waals surface area contributed by atoms with Crippen LogP contribution in [-0.4, -0.2) is 101 Å². The molecule has 0 bridgehead atoms. The lowest BCUT2D eigenvalue weighted by molar-refractivity contribution is 0.237. The van der Waals surface area contributed by atoms with Gasteiger partial charge in [0.15, 0.2) is 11.5 Å². The lowest BCUT2D eigenvalue weighted by Gasteiger charge is -2.26. The van der Waals surface area contributed by atoms with Gasteiger partial charge < -0.3 is 24.4 Å². The average Bonchev–Trinajstić information content (AvgIpc) is 3.76. The van der Waals surface area contributed by atoms with Gasteiger partial charge in [0.1, 0.15) is 22.9 Å². The molecule has 1 aliphatic rings. The monoisotopic (exact) mass is 725 g/mol. The summed E-state index contributed by atoms with van der Waals surface area (Å²) in [7, 11) is 1.11. The second kappa shape index (κ2) is 15.2. The highest BCUT2D eigenvalue weighted by Crippen LogP contribution is 2.34. The van der Waals surface area contributed by atoms with E-state index in [1.54, 1.807) is 50.4 Å². The molecule has 1 aliphatic heterocycles. The number of hydrogen-bond donors (Lipinski definition) is 1. The van der Waals surface area contributed by atoms with Gasteiger partial charge >= 0.3 is 0 Å². The van der Waals surface area contributed by atoms with Crippen molar-refractivity contribution in [3.63, 3.8) is 0 Å². The first-order valence-corrected chi connectivity index (χ1v) is 19.1. The van der Waals surface area contributed by atoms with Gasteiger partial charge in [-0.3, -0.25) is 4.98 Å². The van der Waals surface area contributed by atoms with E-state index in [-0.39, 0.29) is 13.1 Å². The summed E-state index contributed by atoms with van der Waals surface area (Å²) < 4.78 is 47.9. The van der Waals surface area contributed by atoms with Gasteiger partial charge in [-0.15, -0.1) is 5.10 Å². The lowest BCUT2D eigenvalue weighted by atomic mass is 10.1. The molecule has 2 aromatic carbocycles. The number of pyridine rings is 1. The fraction of sp³-hybridized carbons (Fsp3) is 0.351. The fourth-order valence-corrected chi connectivity index (χ4v) is 7.41. The number of benzene rings is 2. The van der Waals surface area contributed by atoms with Gasteiger partial charge in [0.2, 0.25) is 10.0 Å². The van der Waals surface area contributed by atoms with Crippen molar-refractivity contribution in [3.8, 4) is 34.2 Å². The van der Waals surface area contributed by atoms with Crippen LogP contribution < -0.4 is 19.5 Å². The van der Waals surface area contributed by atoms with Crippen LogP contribution >= 0.6 is 0 Å². The minimum absolute atomic E-state index is 0.112. The summed E-state index contributed by atoms with van der Waals surface area (Å²) in [6, 6.07) is 14.8. The molecule has 14 nitrogen and oxygen atoms in total. The van der Waals surface area contributed by atoms with Crippen LogP contribution in [0.5, 0.6) is 17.2 Å². The van der Waals surface area contributed by atoms with Crippen molar-refractivity contribution in [1.29, 1.82) is 0 Å². The molecule has 15 heteroatoms. The van der Waals surface area contributed by atoms with E-state index in [1.165, 1.54) is 29.8 Å². The number of anilines is 1. The van der Waals surface area contributed by atoms with Gasteiger partial charge in [0.05, 0.1) is 55.9 Å². The maximum Gasteiger partial charge on any atom is 0.211 e. The van der Waals surface area contributed by atoms with Gasteiger partial charge in [-0.05, 0) is 61.8 Å². The summed E-state index contributed by atoms with van der Waals surface area (Å²) >= 11 is 0. The van der Waals surface area contributed by atoms with E-state index in [2.05, 4.69) is 20.3 Å². The summed E-state index contributed by atoms with van der Waals surface area (Å²) in [4.78, 5) is 11.8. The molecule has 52 heavy (non-hydrogen) atoms. The number of rotatable bonds is 14. The van der Waals surface area contributed by atoms with E-state index in [1.807, 2.05) is 53.5 Å². The number of ether oxygens (including phenoxy) is 3. The number of aromatic nitrogens is 6. The van der Waals surface area contributed by atoms with E-state index in [9.17, 15) is 8.42 Å². The Balaban J connectivity index is 1.24. The number of methoxy groups -OCH3 is 3. The molecule has 1 N–H and O–H groups in total. The Hall–Kier alpha value is -5.25. The number of hydrogen-bond acceptors (Lipinski definition) is 11. The third kappa shape index (κ3) is 7.38. The van der Waals surface area contributed by atoms with E-state index in [4.69, 9.17) is 24.3 Å². The topological polar surface area (TPSA) is 141 Å².